The maximum atomic E-state index is 11.5. The van der Waals surface area contributed by atoms with Gasteiger partial charge >= 0.3 is 5.97 Å². The lowest BCUT2D eigenvalue weighted by Gasteiger charge is -2.34. The smallest absolute Gasteiger partial charge is 0.335 e. The first-order chi connectivity index (χ1) is 13.6. The molecule has 0 amide bonds. The molecule has 0 saturated heterocycles. The average molecular weight is 371 g/mol. The number of hydrogen-bond acceptors (Lipinski definition) is 4. The Labute approximate surface area is 164 Å². The first kappa shape index (κ1) is 17.8. The van der Waals surface area contributed by atoms with Crippen LogP contribution in [0, 0.1) is 0 Å². The second-order valence-corrected chi connectivity index (χ2v) is 6.85. The summed E-state index contributed by atoms with van der Waals surface area (Å²) in [5.41, 5.74) is 5.79. The largest absolute Gasteiger partial charge is 0.478 e. The van der Waals surface area contributed by atoms with Gasteiger partial charge in [0.2, 0.25) is 0 Å². The summed E-state index contributed by atoms with van der Waals surface area (Å²) in [5, 5.41) is 12.8. The van der Waals surface area contributed by atoms with Crippen molar-refractivity contribution in [1.29, 1.82) is 0 Å². The van der Waals surface area contributed by atoms with Gasteiger partial charge in [-0.3, -0.25) is 4.98 Å². The number of anilines is 1. The van der Waals surface area contributed by atoms with Crippen LogP contribution in [0.15, 0.2) is 91.2 Å². The van der Waals surface area contributed by atoms with Gasteiger partial charge in [0.25, 0.3) is 0 Å². The van der Waals surface area contributed by atoms with E-state index in [-0.39, 0.29) is 6.04 Å². The summed E-state index contributed by atoms with van der Waals surface area (Å²) in [4.78, 5) is 17.7. The third-order valence-corrected chi connectivity index (χ3v) is 5.24. The van der Waals surface area contributed by atoms with Crippen LogP contribution in [-0.2, 0) is 6.42 Å². The fourth-order valence-electron chi connectivity index (χ4n) is 3.92. The van der Waals surface area contributed by atoms with E-state index in [2.05, 4.69) is 28.4 Å². The number of nitrogens with zero attached hydrogens (tertiary/aromatic N) is 2. The van der Waals surface area contributed by atoms with E-state index >= 15 is 0 Å². The molecule has 2 heterocycles. The molecule has 0 spiro atoms. The van der Waals surface area contributed by atoms with E-state index in [1.54, 1.807) is 18.5 Å². The molecule has 140 valence electrons. The van der Waals surface area contributed by atoms with Gasteiger partial charge in [0.1, 0.15) is 0 Å². The molecular formula is C23H21N3O2. The molecule has 0 radical (unpaired) electrons. The molecule has 0 fully saturated rings. The Hall–Kier alpha value is -3.60. The Morgan fingerprint density at radius 1 is 1.25 bits per heavy atom. The summed E-state index contributed by atoms with van der Waals surface area (Å²) >= 11 is 0. The zero-order chi connectivity index (χ0) is 19.7. The highest BCUT2D eigenvalue weighted by Crippen LogP contribution is 2.42. The van der Waals surface area contributed by atoms with Gasteiger partial charge in [0, 0.05) is 41.2 Å². The highest BCUT2D eigenvalue weighted by molar-refractivity contribution is 5.90. The highest BCUT2D eigenvalue weighted by atomic mass is 16.4. The lowest BCUT2D eigenvalue weighted by atomic mass is 9.99. The second kappa shape index (κ2) is 7.19. The van der Waals surface area contributed by atoms with Crippen molar-refractivity contribution in [2.24, 2.45) is 0 Å². The molecule has 4 rings (SSSR count). The van der Waals surface area contributed by atoms with Crippen molar-refractivity contribution < 1.29 is 9.90 Å². The Morgan fingerprint density at radius 3 is 2.79 bits per heavy atom. The van der Waals surface area contributed by atoms with Gasteiger partial charge in [-0.1, -0.05) is 25.3 Å². The molecule has 5 nitrogen and oxygen atoms in total. The van der Waals surface area contributed by atoms with Gasteiger partial charge in [-0.05, 0) is 54.3 Å². The quantitative estimate of drug-likeness (QED) is 0.800. The van der Waals surface area contributed by atoms with Crippen LogP contribution in [0.5, 0.6) is 0 Å². The van der Waals surface area contributed by atoms with E-state index in [0.717, 1.165) is 46.6 Å². The van der Waals surface area contributed by atoms with Crippen molar-refractivity contribution in [3.8, 4) is 0 Å². The number of aromatic carboxylic acids is 1. The van der Waals surface area contributed by atoms with E-state index in [0.29, 0.717) is 5.56 Å². The lowest BCUT2D eigenvalue weighted by Crippen LogP contribution is -2.25. The minimum absolute atomic E-state index is 0.0653. The zero-order valence-electron chi connectivity index (χ0n) is 15.4. The first-order valence-corrected chi connectivity index (χ1v) is 9.14. The number of fused-ring (bicyclic) bond motifs is 1. The number of rotatable bonds is 5. The molecule has 0 saturated carbocycles. The van der Waals surface area contributed by atoms with E-state index in [9.17, 15) is 9.90 Å². The number of nitrogens with one attached hydrogen (secondary N) is 1. The van der Waals surface area contributed by atoms with Crippen LogP contribution in [-0.4, -0.2) is 21.0 Å². The normalized spacial score (nSPS) is 17.9. The van der Waals surface area contributed by atoms with Crippen LogP contribution < -0.4 is 5.32 Å². The molecule has 1 aliphatic heterocycles. The van der Waals surface area contributed by atoms with Gasteiger partial charge in [0.15, 0.2) is 0 Å². The molecule has 5 heteroatoms. The monoisotopic (exact) mass is 371 g/mol. The van der Waals surface area contributed by atoms with Gasteiger partial charge in [-0.2, -0.15) is 0 Å². The Balaban J connectivity index is 1.58. The summed E-state index contributed by atoms with van der Waals surface area (Å²) in [7, 11) is 0. The minimum atomic E-state index is -0.874. The third-order valence-electron chi connectivity index (χ3n) is 5.24. The summed E-state index contributed by atoms with van der Waals surface area (Å²) in [6.07, 6.45) is 11.0. The SMILES string of the molecule is C=C(Nc1ccncc1)C1=CC=CN(C2CCc3c(C(=O)O)cccc32)C1=C. The standard InChI is InChI=1S/C23H21N3O2/c1-15(25-17-10-12-24-13-11-17)18-7-4-14-26(16(18)2)22-9-8-19-20(22)5-3-6-21(19)23(27)28/h3-7,10-14,22H,1-2,8-9H2,(H,24,25)(H,27,28). The highest BCUT2D eigenvalue weighted by Gasteiger charge is 2.32. The number of pyridine rings is 1. The molecule has 2 aliphatic rings. The predicted octanol–water partition coefficient (Wildman–Crippen LogP) is 4.66. The van der Waals surface area contributed by atoms with Crippen molar-refractivity contribution >= 4 is 11.7 Å². The van der Waals surface area contributed by atoms with Crippen LogP contribution in [0.3, 0.4) is 0 Å². The van der Waals surface area contributed by atoms with Gasteiger partial charge in [0.05, 0.1) is 11.6 Å². The Kier molecular flexibility index (Phi) is 4.57. The van der Waals surface area contributed by atoms with Crippen LogP contribution in [0.25, 0.3) is 0 Å². The van der Waals surface area contributed by atoms with Crippen molar-refractivity contribution in [2.45, 2.75) is 18.9 Å². The van der Waals surface area contributed by atoms with E-state index in [1.165, 1.54) is 0 Å². The maximum absolute atomic E-state index is 11.5. The van der Waals surface area contributed by atoms with E-state index in [4.69, 9.17) is 0 Å². The maximum Gasteiger partial charge on any atom is 0.335 e. The summed E-state index contributed by atoms with van der Waals surface area (Å²) in [6, 6.07) is 9.34. The molecule has 1 unspecified atom stereocenters. The molecular weight excluding hydrogens is 350 g/mol. The van der Waals surface area contributed by atoms with Crippen molar-refractivity contribution in [2.75, 3.05) is 5.32 Å². The van der Waals surface area contributed by atoms with Gasteiger partial charge in [-0.25, -0.2) is 4.79 Å². The fraction of sp³-hybridized carbons (Fsp3) is 0.130. The second-order valence-electron chi connectivity index (χ2n) is 6.85. The first-order valence-electron chi connectivity index (χ1n) is 9.14. The van der Waals surface area contributed by atoms with Crippen LogP contribution in [0.2, 0.25) is 0 Å². The molecule has 28 heavy (non-hydrogen) atoms. The number of hydrogen-bond donors (Lipinski definition) is 2. The summed E-state index contributed by atoms with van der Waals surface area (Å²) in [6.45, 7) is 8.46. The average Bonchev–Trinajstić information content (AvgIpc) is 3.12. The molecule has 1 aromatic heterocycles. The van der Waals surface area contributed by atoms with Crippen molar-refractivity contribution in [1.82, 2.24) is 9.88 Å². The number of benzene rings is 1. The van der Waals surface area contributed by atoms with Gasteiger partial charge in [-0.15, -0.1) is 0 Å². The molecule has 2 N–H and O–H groups in total. The van der Waals surface area contributed by atoms with Crippen molar-refractivity contribution in [3.05, 3.63) is 108 Å². The lowest BCUT2D eigenvalue weighted by molar-refractivity contribution is 0.0696. The van der Waals surface area contributed by atoms with Crippen LogP contribution in [0.1, 0.15) is 33.9 Å². The van der Waals surface area contributed by atoms with Gasteiger partial charge < -0.3 is 15.3 Å². The zero-order valence-corrected chi connectivity index (χ0v) is 15.4. The Bertz CT molecular complexity index is 1020. The topological polar surface area (TPSA) is 65.5 Å². The predicted molar refractivity (Wildman–Crippen MR) is 110 cm³/mol. The number of carboxylic acids is 1. The molecule has 1 aromatic carbocycles. The minimum Gasteiger partial charge on any atom is -0.478 e. The van der Waals surface area contributed by atoms with Crippen LogP contribution in [0.4, 0.5) is 5.69 Å². The molecule has 1 atom stereocenters. The molecule has 0 bridgehead atoms. The van der Waals surface area contributed by atoms with E-state index < -0.39 is 5.97 Å². The number of carbonyl (C=O) groups is 1. The summed E-state index contributed by atoms with van der Waals surface area (Å²) < 4.78 is 0. The molecule has 1 aliphatic carbocycles. The molecule has 2 aromatic rings. The third kappa shape index (κ3) is 3.11. The van der Waals surface area contributed by atoms with Crippen LogP contribution >= 0.6 is 0 Å². The number of carboxylic acid groups (broad SMARTS) is 1. The van der Waals surface area contributed by atoms with E-state index in [1.807, 2.05) is 42.6 Å². The number of allylic oxidation sites excluding steroid dienone is 2. The fourth-order valence-corrected chi connectivity index (χ4v) is 3.92. The Morgan fingerprint density at radius 2 is 2.04 bits per heavy atom. The summed E-state index contributed by atoms with van der Waals surface area (Å²) in [5.74, 6) is -0.874. The van der Waals surface area contributed by atoms with Crippen molar-refractivity contribution in [3.63, 3.8) is 0 Å². The number of aromatic nitrogens is 1.